The van der Waals surface area contributed by atoms with Crippen LogP contribution >= 0.6 is 7.82 Å². The van der Waals surface area contributed by atoms with Crippen LogP contribution < -0.4 is 28.4 Å². The standard InChI is InChI=1S/C46H68N5O18P/c1-55-39-21-41(57-3)45(42(22-39)58-4)33-17-35(47-37(19-33)27-50(29-65-61-7)30-66-62-8)25-49(15-13-11-12-14-16-69-70(52,53)54)26-36-18-34(46-43(59-5)23-40(56-2)24-44(46)60-6)20-38(48-36)28-51(31-67-63-9)32-68-64-10/h17-24H,11-16,25-32H2,1-10H3,(H2,52,53,54). The summed E-state index contributed by atoms with van der Waals surface area (Å²) in [6.45, 7) is 1.79. The first-order valence-electron chi connectivity index (χ1n) is 22.0. The molecule has 390 valence electrons. The number of ether oxygens (including phenoxy) is 6. The molecule has 0 aliphatic carbocycles. The zero-order chi connectivity index (χ0) is 50.9. The van der Waals surface area contributed by atoms with Crippen LogP contribution in [-0.4, -0.2) is 146 Å². The van der Waals surface area contributed by atoms with Gasteiger partial charge in [-0.25, -0.2) is 53.5 Å². The molecule has 0 radical (unpaired) electrons. The molecule has 0 fully saturated rings. The zero-order valence-electron chi connectivity index (χ0n) is 41.6. The fraction of sp³-hybridized carbons (Fsp3) is 0.522. The molecule has 0 spiro atoms. The minimum atomic E-state index is -4.57. The number of nitrogens with zero attached hydrogens (tertiary/aromatic N) is 5. The number of phosphoric ester groups is 1. The SMILES string of the molecule is COOCN(COOC)Cc1cc(-c2c(OC)cc(OC)cc2OC)cc(CN(CCCCCCOP(=O)(O)O)Cc2cc(-c3c(OC)cc(OC)cc3OC)cc(CN(COOC)COOC)n2)n1. The van der Waals surface area contributed by atoms with Gasteiger partial charge >= 0.3 is 7.82 Å². The van der Waals surface area contributed by atoms with Crippen LogP contribution in [0.3, 0.4) is 0 Å². The predicted octanol–water partition coefficient (Wildman–Crippen LogP) is 6.28. The van der Waals surface area contributed by atoms with E-state index in [4.69, 9.17) is 77.5 Å². The van der Waals surface area contributed by atoms with E-state index in [1.54, 1.807) is 76.7 Å². The van der Waals surface area contributed by atoms with Crippen LogP contribution in [0.1, 0.15) is 48.5 Å². The number of hydrogen-bond donors (Lipinski definition) is 2. The van der Waals surface area contributed by atoms with Gasteiger partial charge in [0.25, 0.3) is 0 Å². The Balaban J connectivity index is 1.89. The molecule has 2 heterocycles. The number of rotatable bonds is 36. The van der Waals surface area contributed by atoms with E-state index in [9.17, 15) is 14.4 Å². The first-order valence-corrected chi connectivity index (χ1v) is 23.5. The average Bonchev–Trinajstić information content (AvgIpc) is 3.35. The van der Waals surface area contributed by atoms with Gasteiger partial charge in [-0.15, -0.1) is 0 Å². The lowest BCUT2D eigenvalue weighted by atomic mass is 10.0. The molecule has 0 unspecified atom stereocenters. The molecule has 24 heteroatoms. The quantitative estimate of drug-likeness (QED) is 0.0168. The Morgan fingerprint density at radius 3 is 1.07 bits per heavy atom. The average molecular weight is 1010 g/mol. The number of hydrogen-bond acceptors (Lipinski definition) is 21. The molecule has 2 aromatic heterocycles. The van der Waals surface area contributed by atoms with Crippen molar-refractivity contribution in [1.82, 2.24) is 24.7 Å². The maximum atomic E-state index is 11.3. The van der Waals surface area contributed by atoms with Crippen molar-refractivity contribution in [2.75, 3.05) is 111 Å². The molecule has 4 aromatic rings. The number of aromatic nitrogens is 2. The molecule has 70 heavy (non-hydrogen) atoms. The molecule has 0 amide bonds. The zero-order valence-corrected chi connectivity index (χ0v) is 42.5. The van der Waals surface area contributed by atoms with Crippen LogP contribution in [0.25, 0.3) is 22.3 Å². The molecule has 0 atom stereocenters. The summed E-state index contributed by atoms with van der Waals surface area (Å²) in [4.78, 5) is 75.3. The van der Waals surface area contributed by atoms with Crippen molar-refractivity contribution in [2.45, 2.75) is 51.9 Å². The van der Waals surface area contributed by atoms with Crippen molar-refractivity contribution in [1.29, 1.82) is 0 Å². The lowest BCUT2D eigenvalue weighted by molar-refractivity contribution is -0.335. The minimum absolute atomic E-state index is 0.0301. The Morgan fingerprint density at radius 2 is 0.771 bits per heavy atom. The molecule has 2 N–H and O–H groups in total. The second-order valence-electron chi connectivity index (χ2n) is 15.3. The highest BCUT2D eigenvalue weighted by atomic mass is 31.2. The van der Waals surface area contributed by atoms with Crippen LogP contribution in [0.4, 0.5) is 0 Å². The van der Waals surface area contributed by atoms with Gasteiger partial charge in [0.1, 0.15) is 61.4 Å². The summed E-state index contributed by atoms with van der Waals surface area (Å²) in [7, 11) is 10.5. The molecule has 0 aliphatic rings. The van der Waals surface area contributed by atoms with Crippen molar-refractivity contribution in [3.63, 3.8) is 0 Å². The summed E-state index contributed by atoms with van der Waals surface area (Å²) in [5, 5.41) is 0. The van der Waals surface area contributed by atoms with Crippen LogP contribution in [0.2, 0.25) is 0 Å². The smallest absolute Gasteiger partial charge is 0.469 e. The minimum Gasteiger partial charge on any atom is -0.496 e. The first kappa shape index (κ1) is 57.8. The second-order valence-corrected chi connectivity index (χ2v) is 16.5. The summed E-state index contributed by atoms with van der Waals surface area (Å²) < 4.78 is 50.7. The second kappa shape index (κ2) is 30.8. The van der Waals surface area contributed by atoms with Crippen molar-refractivity contribution in [2.24, 2.45) is 0 Å². The Labute approximate surface area is 409 Å². The maximum Gasteiger partial charge on any atom is 0.469 e. The van der Waals surface area contributed by atoms with Gasteiger partial charge in [-0.05, 0) is 54.8 Å². The Bertz CT molecular complexity index is 2020. The van der Waals surface area contributed by atoms with Crippen molar-refractivity contribution < 1.29 is 86.4 Å². The summed E-state index contributed by atoms with van der Waals surface area (Å²) in [5.41, 5.74) is 5.53. The molecule has 4 rings (SSSR count). The monoisotopic (exact) mass is 1010 g/mol. The molecule has 0 aliphatic heterocycles. The van der Waals surface area contributed by atoms with Crippen LogP contribution in [0.5, 0.6) is 34.5 Å². The normalized spacial score (nSPS) is 11.8. The van der Waals surface area contributed by atoms with Gasteiger partial charge in [0.2, 0.25) is 0 Å². The summed E-state index contributed by atoms with van der Waals surface area (Å²) in [6, 6.07) is 15.0. The van der Waals surface area contributed by atoms with Gasteiger partial charge in [0.15, 0.2) is 0 Å². The fourth-order valence-electron chi connectivity index (χ4n) is 7.36. The Morgan fingerprint density at radius 1 is 0.443 bits per heavy atom. The highest BCUT2D eigenvalue weighted by Gasteiger charge is 2.23. The third-order valence-corrected chi connectivity index (χ3v) is 11.0. The molecule has 23 nitrogen and oxygen atoms in total. The predicted molar refractivity (Wildman–Crippen MR) is 252 cm³/mol. The number of pyridine rings is 2. The van der Waals surface area contributed by atoms with Crippen LogP contribution in [0, 0.1) is 0 Å². The molecular weight excluding hydrogens is 941 g/mol. The van der Waals surface area contributed by atoms with Gasteiger partial charge in [-0.3, -0.25) is 19.4 Å². The van der Waals surface area contributed by atoms with Crippen molar-refractivity contribution in [3.05, 3.63) is 71.3 Å². The van der Waals surface area contributed by atoms with Crippen molar-refractivity contribution >= 4 is 7.82 Å². The van der Waals surface area contributed by atoms with E-state index < -0.39 is 7.82 Å². The van der Waals surface area contributed by atoms with E-state index in [1.807, 2.05) is 24.3 Å². The number of benzene rings is 2. The molecule has 2 aromatic carbocycles. The number of phosphoric acid groups is 1. The lowest BCUT2D eigenvalue weighted by Gasteiger charge is -2.25. The summed E-state index contributed by atoms with van der Waals surface area (Å²) in [5.74, 6) is 3.15. The summed E-state index contributed by atoms with van der Waals surface area (Å²) >= 11 is 0. The summed E-state index contributed by atoms with van der Waals surface area (Å²) in [6.07, 6.45) is 2.58. The largest absolute Gasteiger partial charge is 0.496 e. The van der Waals surface area contributed by atoms with E-state index in [1.165, 1.54) is 28.4 Å². The highest BCUT2D eigenvalue weighted by molar-refractivity contribution is 7.46. The Kier molecular flexibility index (Phi) is 25.5. The van der Waals surface area contributed by atoms with E-state index in [0.29, 0.717) is 107 Å². The lowest BCUT2D eigenvalue weighted by Crippen LogP contribution is -2.30. The van der Waals surface area contributed by atoms with Crippen LogP contribution in [0.15, 0.2) is 48.5 Å². The van der Waals surface area contributed by atoms with Gasteiger partial charge in [-0.2, -0.15) is 0 Å². The van der Waals surface area contributed by atoms with E-state index >= 15 is 0 Å². The number of methoxy groups -OCH3 is 6. The fourth-order valence-corrected chi connectivity index (χ4v) is 7.73. The van der Waals surface area contributed by atoms with Crippen LogP contribution in [-0.2, 0) is 74.4 Å². The van der Waals surface area contributed by atoms with Crippen molar-refractivity contribution in [3.8, 4) is 56.8 Å². The molecular formula is C46H68N5O18P. The van der Waals surface area contributed by atoms with E-state index in [-0.39, 0.29) is 46.6 Å². The van der Waals surface area contributed by atoms with E-state index in [0.717, 1.165) is 17.5 Å². The Hall–Kier alpha value is -4.79. The van der Waals surface area contributed by atoms with Gasteiger partial charge < -0.3 is 38.2 Å². The first-order chi connectivity index (χ1) is 33.8. The molecule has 0 bridgehead atoms. The topological polar surface area (TPSA) is 231 Å². The third-order valence-electron chi connectivity index (χ3n) is 10.5. The van der Waals surface area contributed by atoms with E-state index in [2.05, 4.69) is 9.42 Å². The maximum absolute atomic E-state index is 11.3. The molecule has 0 saturated heterocycles. The highest BCUT2D eigenvalue weighted by Crippen LogP contribution is 2.44. The van der Waals surface area contributed by atoms with Gasteiger partial charge in [0, 0.05) is 50.4 Å². The van der Waals surface area contributed by atoms with Gasteiger partial charge in [0.05, 0.1) is 112 Å². The molecule has 0 saturated carbocycles. The third kappa shape index (κ3) is 18.8. The number of unbranched alkanes of at least 4 members (excludes halogenated alkanes) is 3. The van der Waals surface area contributed by atoms with Gasteiger partial charge in [-0.1, -0.05) is 12.8 Å².